The second kappa shape index (κ2) is 8.12. The van der Waals surface area contributed by atoms with Gasteiger partial charge in [0.05, 0.1) is 4.90 Å². The summed E-state index contributed by atoms with van der Waals surface area (Å²) in [5.41, 5.74) is 1.05. The number of hydrogen-bond donors (Lipinski definition) is 2. The number of nitrogens with one attached hydrogen (secondary N) is 2. The smallest absolute Gasteiger partial charge is 0.241 e. The molecule has 0 saturated heterocycles. The van der Waals surface area contributed by atoms with Crippen molar-refractivity contribution in [3.05, 3.63) is 28.2 Å². The van der Waals surface area contributed by atoms with E-state index in [4.69, 9.17) is 0 Å². The molecule has 1 unspecified atom stereocenters. The van der Waals surface area contributed by atoms with E-state index in [2.05, 4.69) is 26.0 Å². The van der Waals surface area contributed by atoms with Crippen LogP contribution in [0.15, 0.2) is 27.6 Å². The van der Waals surface area contributed by atoms with Crippen molar-refractivity contribution in [2.75, 3.05) is 6.54 Å². The monoisotopic (exact) mass is 362 g/mol. The Morgan fingerprint density at radius 3 is 2.55 bits per heavy atom. The molecular weight excluding hydrogens is 340 g/mol. The molecule has 0 aliphatic carbocycles. The van der Waals surface area contributed by atoms with Crippen LogP contribution in [-0.2, 0) is 16.6 Å². The minimum absolute atomic E-state index is 0.0571. The van der Waals surface area contributed by atoms with Crippen molar-refractivity contribution in [2.45, 2.75) is 51.1 Å². The lowest BCUT2D eigenvalue weighted by Crippen LogP contribution is -2.32. The van der Waals surface area contributed by atoms with Crippen molar-refractivity contribution in [3.8, 4) is 0 Å². The molecule has 1 atom stereocenters. The molecule has 1 aromatic carbocycles. The lowest BCUT2D eigenvalue weighted by Gasteiger charge is -2.15. The molecule has 0 heterocycles. The van der Waals surface area contributed by atoms with Gasteiger partial charge in [-0.15, -0.1) is 0 Å². The van der Waals surface area contributed by atoms with Crippen LogP contribution in [0.3, 0.4) is 0 Å². The first-order valence-electron chi connectivity index (χ1n) is 6.92. The molecule has 4 nitrogen and oxygen atoms in total. The van der Waals surface area contributed by atoms with Crippen molar-refractivity contribution in [2.24, 2.45) is 0 Å². The highest BCUT2D eigenvalue weighted by Gasteiger charge is 2.19. The molecule has 0 amide bonds. The van der Waals surface area contributed by atoms with Crippen LogP contribution in [0.4, 0.5) is 0 Å². The van der Waals surface area contributed by atoms with Crippen molar-refractivity contribution in [1.82, 2.24) is 10.0 Å². The van der Waals surface area contributed by atoms with Crippen LogP contribution in [0.1, 0.15) is 39.2 Å². The number of halogens is 1. The molecule has 2 N–H and O–H groups in total. The second-order valence-electron chi connectivity index (χ2n) is 4.86. The second-order valence-corrected chi connectivity index (χ2v) is 7.39. The van der Waals surface area contributed by atoms with Gasteiger partial charge in [0.15, 0.2) is 0 Å². The lowest BCUT2D eigenvalue weighted by molar-refractivity contribution is 0.543. The van der Waals surface area contributed by atoms with Gasteiger partial charge < -0.3 is 5.32 Å². The van der Waals surface area contributed by atoms with E-state index < -0.39 is 10.0 Å². The molecule has 1 rings (SSSR count). The predicted octanol–water partition coefficient (Wildman–Crippen LogP) is 3.03. The molecule has 0 aromatic heterocycles. The largest absolute Gasteiger partial charge is 0.313 e. The van der Waals surface area contributed by atoms with E-state index in [1.54, 1.807) is 6.07 Å². The predicted molar refractivity (Wildman–Crippen MR) is 86.2 cm³/mol. The first kappa shape index (κ1) is 17.6. The fraction of sp³-hybridized carbons (Fsp3) is 0.571. The Balaban J connectivity index is 2.90. The van der Waals surface area contributed by atoms with Crippen LogP contribution >= 0.6 is 15.9 Å². The maximum atomic E-state index is 12.3. The van der Waals surface area contributed by atoms with Gasteiger partial charge in [-0.25, -0.2) is 13.1 Å². The summed E-state index contributed by atoms with van der Waals surface area (Å²) in [4.78, 5) is 0.292. The van der Waals surface area contributed by atoms with Gasteiger partial charge in [-0.2, -0.15) is 0 Å². The molecule has 0 radical (unpaired) electrons. The minimum atomic E-state index is -3.47. The van der Waals surface area contributed by atoms with Gasteiger partial charge in [0.25, 0.3) is 0 Å². The normalized spacial score (nSPS) is 13.4. The van der Waals surface area contributed by atoms with Crippen LogP contribution in [0.2, 0.25) is 0 Å². The Kier molecular flexibility index (Phi) is 7.15. The third-order valence-electron chi connectivity index (χ3n) is 2.94. The number of benzene rings is 1. The summed E-state index contributed by atoms with van der Waals surface area (Å²) in [7, 11) is -3.47. The highest BCUT2D eigenvalue weighted by molar-refractivity contribution is 9.10. The Labute approximate surface area is 130 Å². The third kappa shape index (κ3) is 5.16. The molecule has 0 spiro atoms. The number of hydrogen-bond acceptors (Lipinski definition) is 3. The zero-order valence-electron chi connectivity index (χ0n) is 12.2. The van der Waals surface area contributed by atoms with Crippen molar-refractivity contribution >= 4 is 26.0 Å². The van der Waals surface area contributed by atoms with Gasteiger partial charge >= 0.3 is 0 Å². The summed E-state index contributed by atoms with van der Waals surface area (Å²) < 4.78 is 27.9. The van der Waals surface area contributed by atoms with Gasteiger partial charge in [-0.3, -0.25) is 0 Å². The molecular formula is C14H23BrN2O2S. The molecule has 0 fully saturated rings. The molecule has 1 aromatic rings. The third-order valence-corrected chi connectivity index (χ3v) is 5.51. The first-order chi connectivity index (χ1) is 9.40. The van der Waals surface area contributed by atoms with Crippen LogP contribution in [0.25, 0.3) is 0 Å². The molecule has 0 bridgehead atoms. The van der Waals surface area contributed by atoms with Crippen LogP contribution in [0, 0.1) is 0 Å². The van der Waals surface area contributed by atoms with E-state index in [1.807, 2.05) is 32.9 Å². The average Bonchev–Trinajstić information content (AvgIpc) is 2.35. The zero-order valence-corrected chi connectivity index (χ0v) is 14.6. The fourth-order valence-corrected chi connectivity index (χ4v) is 4.36. The fourth-order valence-electron chi connectivity index (χ4n) is 1.96. The quantitative estimate of drug-likeness (QED) is 0.747. The van der Waals surface area contributed by atoms with Gasteiger partial charge in [0.1, 0.15) is 0 Å². The maximum absolute atomic E-state index is 12.3. The summed E-state index contributed by atoms with van der Waals surface area (Å²) in [6, 6.07) is 5.28. The van der Waals surface area contributed by atoms with Crippen LogP contribution in [-0.4, -0.2) is 21.0 Å². The van der Waals surface area contributed by atoms with Gasteiger partial charge in [-0.05, 0) is 53.5 Å². The Hall–Kier alpha value is -0.430. The lowest BCUT2D eigenvalue weighted by atomic mass is 10.2. The minimum Gasteiger partial charge on any atom is -0.313 e. The summed E-state index contributed by atoms with van der Waals surface area (Å²) in [5, 5.41) is 3.21. The molecule has 0 aliphatic rings. The van der Waals surface area contributed by atoms with Gasteiger partial charge in [0, 0.05) is 17.1 Å². The molecule has 0 aliphatic heterocycles. The molecule has 6 heteroatoms. The molecule has 0 saturated carbocycles. The highest BCUT2D eigenvalue weighted by Crippen LogP contribution is 2.23. The van der Waals surface area contributed by atoms with Crippen molar-refractivity contribution < 1.29 is 8.42 Å². The van der Waals surface area contributed by atoms with E-state index in [-0.39, 0.29) is 6.04 Å². The summed E-state index contributed by atoms with van der Waals surface area (Å²) in [5.74, 6) is 0. The number of rotatable bonds is 8. The van der Waals surface area contributed by atoms with Crippen LogP contribution < -0.4 is 10.0 Å². The zero-order chi connectivity index (χ0) is 15.2. The van der Waals surface area contributed by atoms with Gasteiger partial charge in [0.2, 0.25) is 10.0 Å². The maximum Gasteiger partial charge on any atom is 0.241 e. The summed E-state index contributed by atoms with van der Waals surface area (Å²) in [6.45, 7) is 7.57. The first-order valence-corrected chi connectivity index (χ1v) is 9.19. The van der Waals surface area contributed by atoms with E-state index in [0.29, 0.717) is 9.37 Å². The van der Waals surface area contributed by atoms with E-state index in [1.165, 1.54) is 0 Å². The topological polar surface area (TPSA) is 58.2 Å². The standard InChI is InChI=1S/C14H23BrN2O2S/c1-4-6-11(3)17-20(18,19)14-8-7-12(9-13(14)15)10-16-5-2/h7-9,11,16-17H,4-6,10H2,1-3H3. The molecule has 114 valence electrons. The summed E-state index contributed by atoms with van der Waals surface area (Å²) >= 11 is 3.36. The Morgan fingerprint density at radius 2 is 2.00 bits per heavy atom. The van der Waals surface area contributed by atoms with Crippen molar-refractivity contribution in [1.29, 1.82) is 0 Å². The Morgan fingerprint density at radius 1 is 1.30 bits per heavy atom. The van der Waals surface area contributed by atoms with Crippen LogP contribution in [0.5, 0.6) is 0 Å². The average molecular weight is 363 g/mol. The Bertz CT molecular complexity index is 532. The molecule has 20 heavy (non-hydrogen) atoms. The van der Waals surface area contributed by atoms with E-state index >= 15 is 0 Å². The van der Waals surface area contributed by atoms with Gasteiger partial charge in [-0.1, -0.05) is 26.3 Å². The number of sulfonamides is 1. The highest BCUT2D eigenvalue weighted by atomic mass is 79.9. The van der Waals surface area contributed by atoms with Crippen molar-refractivity contribution in [3.63, 3.8) is 0 Å². The van der Waals surface area contributed by atoms with E-state index in [9.17, 15) is 8.42 Å². The van der Waals surface area contributed by atoms with E-state index in [0.717, 1.165) is 31.5 Å². The SMILES string of the molecule is CCCC(C)NS(=O)(=O)c1ccc(CNCC)cc1Br. The summed E-state index contributed by atoms with van der Waals surface area (Å²) in [6.07, 6.45) is 1.78.